The maximum atomic E-state index is 5.99. The van der Waals surface area contributed by atoms with Gasteiger partial charge in [0, 0.05) is 26.3 Å². The molecule has 1 fully saturated rings. The first kappa shape index (κ1) is 15.1. The molecule has 4 heterocycles. The van der Waals surface area contributed by atoms with Crippen LogP contribution in [0.15, 0.2) is 27.5 Å². The molecule has 0 radical (unpaired) electrons. The maximum absolute atomic E-state index is 5.99. The van der Waals surface area contributed by atoms with Crippen LogP contribution in [0.25, 0.3) is 11.6 Å². The van der Waals surface area contributed by atoms with Gasteiger partial charge in [-0.25, -0.2) is 4.98 Å². The van der Waals surface area contributed by atoms with Crippen LogP contribution in [0.2, 0.25) is 0 Å². The summed E-state index contributed by atoms with van der Waals surface area (Å²) in [5, 5.41) is 12.7. The summed E-state index contributed by atoms with van der Waals surface area (Å²) in [6.45, 7) is 2.71. The third-order valence-electron chi connectivity index (χ3n) is 4.40. The number of aromatic nitrogens is 5. The van der Waals surface area contributed by atoms with Crippen molar-refractivity contribution in [2.75, 3.05) is 6.61 Å². The fourth-order valence-electron chi connectivity index (χ4n) is 3.16. The summed E-state index contributed by atoms with van der Waals surface area (Å²) in [4.78, 5) is 4.19. The molecule has 0 saturated carbocycles. The van der Waals surface area contributed by atoms with Crippen LogP contribution in [-0.2, 0) is 18.2 Å². The predicted molar refractivity (Wildman–Crippen MR) is 83.0 cm³/mol. The normalized spacial score (nSPS) is 21.2. The van der Waals surface area contributed by atoms with Crippen LogP contribution in [-0.4, -0.2) is 31.6 Å². The average molecular weight is 329 g/mol. The minimum atomic E-state index is -0.137. The fraction of sp³-hybridized carbons (Fsp3) is 0.500. The first-order chi connectivity index (χ1) is 11.8. The van der Waals surface area contributed by atoms with Crippen molar-refractivity contribution in [3.63, 3.8) is 0 Å². The van der Waals surface area contributed by atoms with Gasteiger partial charge < -0.3 is 13.6 Å². The van der Waals surface area contributed by atoms with Crippen LogP contribution in [0.1, 0.15) is 49.1 Å². The Morgan fingerprint density at radius 2 is 2.25 bits per heavy atom. The summed E-state index contributed by atoms with van der Waals surface area (Å²) in [6.07, 6.45) is 5.64. The average Bonchev–Trinajstić information content (AvgIpc) is 3.34. The van der Waals surface area contributed by atoms with Gasteiger partial charge in [0.05, 0.1) is 11.6 Å². The lowest BCUT2D eigenvalue weighted by Gasteiger charge is -2.29. The van der Waals surface area contributed by atoms with E-state index in [4.69, 9.17) is 13.6 Å². The molecule has 126 valence electrons. The van der Waals surface area contributed by atoms with Gasteiger partial charge in [0.15, 0.2) is 12.1 Å². The SMILES string of the molecule is CCc1ocnc1-c1nnc([C@@H]2CCCO[C@H]2c2ccnn2C)o1. The molecule has 1 saturated heterocycles. The Balaban J connectivity index is 1.66. The summed E-state index contributed by atoms with van der Waals surface area (Å²) in [7, 11) is 1.91. The Kier molecular flexibility index (Phi) is 3.89. The molecule has 0 bridgehead atoms. The van der Waals surface area contributed by atoms with E-state index in [0.29, 0.717) is 17.5 Å². The van der Waals surface area contributed by atoms with Crippen LogP contribution in [0.5, 0.6) is 0 Å². The van der Waals surface area contributed by atoms with Gasteiger partial charge in [-0.15, -0.1) is 10.2 Å². The van der Waals surface area contributed by atoms with Crippen molar-refractivity contribution in [3.05, 3.63) is 36.0 Å². The highest BCUT2D eigenvalue weighted by Crippen LogP contribution is 2.40. The molecule has 1 aliphatic heterocycles. The third-order valence-corrected chi connectivity index (χ3v) is 4.40. The van der Waals surface area contributed by atoms with Crippen molar-refractivity contribution in [2.24, 2.45) is 7.05 Å². The van der Waals surface area contributed by atoms with Gasteiger partial charge in [0.25, 0.3) is 5.89 Å². The Bertz CT molecular complexity index is 821. The number of ether oxygens (including phenoxy) is 1. The lowest BCUT2D eigenvalue weighted by Crippen LogP contribution is -2.23. The molecule has 0 unspecified atom stereocenters. The summed E-state index contributed by atoms with van der Waals surface area (Å²) in [5.41, 5.74) is 1.63. The molecule has 8 heteroatoms. The van der Waals surface area contributed by atoms with E-state index in [1.807, 2.05) is 24.7 Å². The van der Waals surface area contributed by atoms with Crippen LogP contribution in [0.4, 0.5) is 0 Å². The zero-order valence-electron chi connectivity index (χ0n) is 13.7. The van der Waals surface area contributed by atoms with Gasteiger partial charge in [-0.1, -0.05) is 6.92 Å². The molecule has 0 N–H and O–H groups in total. The van der Waals surface area contributed by atoms with Crippen molar-refractivity contribution in [1.82, 2.24) is 25.0 Å². The van der Waals surface area contributed by atoms with Crippen LogP contribution >= 0.6 is 0 Å². The molecule has 0 aromatic carbocycles. The predicted octanol–water partition coefficient (Wildman–Crippen LogP) is 2.66. The number of hydrogen-bond donors (Lipinski definition) is 0. The highest BCUT2D eigenvalue weighted by molar-refractivity contribution is 5.48. The topological polar surface area (TPSA) is 92.0 Å². The first-order valence-corrected chi connectivity index (χ1v) is 8.13. The molecule has 24 heavy (non-hydrogen) atoms. The van der Waals surface area contributed by atoms with E-state index >= 15 is 0 Å². The Labute approximate surface area is 138 Å². The number of nitrogens with zero attached hydrogens (tertiary/aromatic N) is 5. The van der Waals surface area contributed by atoms with Gasteiger partial charge in [0.1, 0.15) is 11.9 Å². The molecule has 0 spiro atoms. The monoisotopic (exact) mass is 329 g/mol. The Morgan fingerprint density at radius 1 is 1.33 bits per heavy atom. The smallest absolute Gasteiger partial charge is 0.269 e. The van der Waals surface area contributed by atoms with Gasteiger partial charge >= 0.3 is 0 Å². The maximum Gasteiger partial charge on any atom is 0.269 e. The minimum absolute atomic E-state index is 0.00683. The summed E-state index contributed by atoms with van der Waals surface area (Å²) >= 11 is 0. The quantitative estimate of drug-likeness (QED) is 0.726. The lowest BCUT2D eigenvalue weighted by molar-refractivity contribution is -0.0135. The number of oxazole rings is 1. The van der Waals surface area contributed by atoms with Crippen LogP contribution < -0.4 is 0 Å². The highest BCUT2D eigenvalue weighted by atomic mass is 16.5. The molecular weight excluding hydrogens is 310 g/mol. The largest absolute Gasteiger partial charge is 0.448 e. The molecule has 3 aromatic heterocycles. The van der Waals surface area contributed by atoms with Crippen molar-refractivity contribution in [1.29, 1.82) is 0 Å². The van der Waals surface area contributed by atoms with Gasteiger partial charge in [-0.05, 0) is 18.9 Å². The zero-order valence-corrected chi connectivity index (χ0v) is 13.7. The second kappa shape index (κ2) is 6.20. The molecule has 8 nitrogen and oxygen atoms in total. The first-order valence-electron chi connectivity index (χ1n) is 8.13. The zero-order chi connectivity index (χ0) is 16.5. The molecule has 0 aliphatic carbocycles. The standard InChI is InChI=1S/C16H19N5O3/c1-3-12-13(17-9-23-12)16-20-19-15(24-16)10-5-4-8-22-14(10)11-6-7-18-21(11)2/h6-7,9-10,14H,3-5,8H2,1-2H3/t10-,14-/m1/s1. The van der Waals surface area contributed by atoms with Crippen molar-refractivity contribution >= 4 is 0 Å². The summed E-state index contributed by atoms with van der Waals surface area (Å²) in [5.74, 6) is 1.71. The van der Waals surface area contributed by atoms with Gasteiger partial charge in [-0.2, -0.15) is 5.10 Å². The number of hydrogen-bond acceptors (Lipinski definition) is 7. The van der Waals surface area contributed by atoms with E-state index < -0.39 is 0 Å². The van der Waals surface area contributed by atoms with Crippen molar-refractivity contribution in [3.8, 4) is 11.6 Å². The van der Waals surface area contributed by atoms with E-state index in [2.05, 4.69) is 20.3 Å². The second-order valence-electron chi connectivity index (χ2n) is 5.84. The van der Waals surface area contributed by atoms with Crippen molar-refractivity contribution < 1.29 is 13.6 Å². The molecule has 2 atom stereocenters. The Morgan fingerprint density at radius 3 is 3.04 bits per heavy atom. The van der Waals surface area contributed by atoms with E-state index in [0.717, 1.165) is 37.3 Å². The third kappa shape index (κ3) is 2.52. The minimum Gasteiger partial charge on any atom is -0.448 e. The molecule has 3 aromatic rings. The summed E-state index contributed by atoms with van der Waals surface area (Å²) < 4.78 is 19.1. The van der Waals surface area contributed by atoms with Gasteiger partial charge in [0.2, 0.25) is 5.89 Å². The number of rotatable bonds is 4. The van der Waals surface area contributed by atoms with E-state index in [1.54, 1.807) is 6.20 Å². The van der Waals surface area contributed by atoms with Crippen LogP contribution in [0.3, 0.4) is 0 Å². The Hall–Kier alpha value is -2.48. The summed E-state index contributed by atoms with van der Waals surface area (Å²) in [6, 6.07) is 1.97. The molecule has 0 amide bonds. The molecular formula is C16H19N5O3. The van der Waals surface area contributed by atoms with Crippen LogP contribution in [0, 0.1) is 0 Å². The van der Waals surface area contributed by atoms with Gasteiger partial charge in [-0.3, -0.25) is 4.68 Å². The number of aryl methyl sites for hydroxylation is 2. The van der Waals surface area contributed by atoms with E-state index in [1.165, 1.54) is 6.39 Å². The molecule has 1 aliphatic rings. The lowest BCUT2D eigenvalue weighted by atomic mass is 9.92. The van der Waals surface area contributed by atoms with E-state index in [9.17, 15) is 0 Å². The van der Waals surface area contributed by atoms with E-state index in [-0.39, 0.29) is 12.0 Å². The van der Waals surface area contributed by atoms with Crippen molar-refractivity contribution in [2.45, 2.75) is 38.2 Å². The fourth-order valence-corrected chi connectivity index (χ4v) is 3.16. The second-order valence-corrected chi connectivity index (χ2v) is 5.84. The highest BCUT2D eigenvalue weighted by Gasteiger charge is 2.35. The molecule has 4 rings (SSSR count).